The van der Waals surface area contributed by atoms with Crippen LogP contribution >= 0.6 is 0 Å². The average Bonchev–Trinajstić information content (AvgIpc) is 2.79. The predicted octanol–water partition coefficient (Wildman–Crippen LogP) is 2.33. The van der Waals surface area contributed by atoms with Crippen molar-refractivity contribution in [2.45, 2.75) is 39.0 Å². The van der Waals surface area contributed by atoms with E-state index in [0.717, 1.165) is 7.11 Å². The largest absolute Gasteiger partial charge is 0.726 e. The van der Waals surface area contributed by atoms with Crippen LogP contribution in [0.3, 0.4) is 0 Å². The molecule has 6 heteroatoms. The number of hydrogen-bond donors (Lipinski definition) is 0. The molecule has 0 spiro atoms. The Labute approximate surface area is 137 Å². The molecule has 1 aromatic heterocycles. The van der Waals surface area contributed by atoms with Gasteiger partial charge in [-0.3, -0.25) is 4.18 Å². The van der Waals surface area contributed by atoms with E-state index in [1.807, 2.05) is 0 Å². The van der Waals surface area contributed by atoms with Crippen LogP contribution in [0, 0.1) is 6.92 Å². The van der Waals surface area contributed by atoms with Gasteiger partial charge in [-0.05, 0) is 37.8 Å². The molecule has 0 atom stereocenters. The fourth-order valence-electron chi connectivity index (χ4n) is 3.23. The van der Waals surface area contributed by atoms with Gasteiger partial charge in [0.25, 0.3) is 0 Å². The molecule has 126 valence electrons. The molecule has 1 aliphatic rings. The molecule has 0 radical (unpaired) electrons. The second-order valence-corrected chi connectivity index (χ2v) is 6.91. The molecule has 0 fully saturated rings. The summed E-state index contributed by atoms with van der Waals surface area (Å²) in [5.41, 5.74) is 6.07. The number of pyridine rings is 1. The summed E-state index contributed by atoms with van der Waals surface area (Å²) in [5, 5.41) is 1.43. The van der Waals surface area contributed by atoms with Crippen LogP contribution in [0.2, 0.25) is 0 Å². The number of hydrogen-bond acceptors (Lipinski definition) is 4. The Morgan fingerprint density at radius 3 is 2.39 bits per heavy atom. The minimum atomic E-state index is -4.41. The van der Waals surface area contributed by atoms with E-state index in [1.54, 1.807) is 11.3 Å². The van der Waals surface area contributed by atoms with Crippen molar-refractivity contribution in [3.63, 3.8) is 0 Å². The van der Waals surface area contributed by atoms with Crippen LogP contribution in [0.25, 0.3) is 10.9 Å². The zero-order valence-corrected chi connectivity index (χ0v) is 14.6. The quantitative estimate of drug-likeness (QED) is 0.347. The molecule has 5 nitrogen and oxygen atoms in total. The molecule has 0 saturated heterocycles. The van der Waals surface area contributed by atoms with Gasteiger partial charge in [-0.25, -0.2) is 8.42 Å². The number of aryl methyl sites for hydroxylation is 2. The molecule has 0 amide bonds. The Bertz CT molecular complexity index is 749. The fraction of sp³-hybridized carbons (Fsp3) is 0.471. The molecule has 1 aliphatic carbocycles. The van der Waals surface area contributed by atoms with E-state index in [9.17, 15) is 13.0 Å². The maximum Gasteiger partial charge on any atom is 0.217 e. The Kier molecular flexibility index (Phi) is 5.73. The summed E-state index contributed by atoms with van der Waals surface area (Å²) < 4.78 is 33.4. The van der Waals surface area contributed by atoms with E-state index in [2.05, 4.69) is 47.0 Å². The number of para-hydroxylation sites is 1. The van der Waals surface area contributed by atoms with Crippen molar-refractivity contribution in [2.75, 3.05) is 7.11 Å². The maximum absolute atomic E-state index is 9.22. The zero-order chi connectivity index (χ0) is 17.0. The zero-order valence-electron chi connectivity index (χ0n) is 13.8. The molecule has 1 aromatic carbocycles. The molecule has 2 aromatic rings. The molecule has 0 saturated carbocycles. The van der Waals surface area contributed by atoms with Gasteiger partial charge in [-0.1, -0.05) is 18.6 Å². The lowest BCUT2D eigenvalue weighted by Gasteiger charge is -2.11. The normalized spacial score (nSPS) is 14.6. The van der Waals surface area contributed by atoms with Gasteiger partial charge in [-0.2, -0.15) is 4.57 Å². The summed E-state index contributed by atoms with van der Waals surface area (Å²) in [5.74, 6) is 0. The minimum absolute atomic E-state index is 0.808. The van der Waals surface area contributed by atoms with Gasteiger partial charge < -0.3 is 4.55 Å². The van der Waals surface area contributed by atoms with Crippen LogP contribution in [-0.2, 0) is 34.5 Å². The van der Waals surface area contributed by atoms with Crippen molar-refractivity contribution >= 4 is 21.3 Å². The molecule has 3 rings (SSSR count). The lowest BCUT2D eigenvalue weighted by molar-refractivity contribution is -0.653. The predicted molar refractivity (Wildman–Crippen MR) is 87.8 cm³/mol. The first-order valence-corrected chi connectivity index (χ1v) is 9.09. The summed E-state index contributed by atoms with van der Waals surface area (Å²) in [6.07, 6.45) is 6.59. The minimum Gasteiger partial charge on any atom is -0.726 e. The van der Waals surface area contributed by atoms with E-state index in [0.29, 0.717) is 0 Å². The number of nitrogens with zero attached hydrogens (tertiary/aromatic N) is 1. The fourth-order valence-corrected chi connectivity index (χ4v) is 3.23. The van der Waals surface area contributed by atoms with E-state index >= 15 is 0 Å². The van der Waals surface area contributed by atoms with Crippen molar-refractivity contribution in [3.05, 3.63) is 41.1 Å². The standard InChI is InChI=1S/C16H20N.CH4O4S/c1-12-13-8-4-3-5-10-15(13)17(2)16-11-7-6-9-14(12)16;1-5-6(2,3)4/h6-7,9,11H,3-5,8,10H2,1-2H3;1H3,(H,2,3,4)/q+1;/p-1. The maximum atomic E-state index is 9.22. The smallest absolute Gasteiger partial charge is 0.217 e. The summed E-state index contributed by atoms with van der Waals surface area (Å²) in [4.78, 5) is 0. The first-order chi connectivity index (χ1) is 10.8. The highest BCUT2D eigenvalue weighted by molar-refractivity contribution is 7.80. The molecule has 0 unspecified atom stereocenters. The van der Waals surface area contributed by atoms with E-state index in [1.165, 1.54) is 48.6 Å². The second kappa shape index (κ2) is 7.38. The van der Waals surface area contributed by atoms with Gasteiger partial charge in [-0.15, -0.1) is 0 Å². The molecule has 0 N–H and O–H groups in total. The topological polar surface area (TPSA) is 70.3 Å². The van der Waals surface area contributed by atoms with E-state index in [-0.39, 0.29) is 0 Å². The van der Waals surface area contributed by atoms with Crippen LogP contribution in [0.1, 0.15) is 36.1 Å². The lowest BCUT2D eigenvalue weighted by atomic mass is 9.98. The van der Waals surface area contributed by atoms with E-state index in [4.69, 9.17) is 0 Å². The van der Waals surface area contributed by atoms with Crippen LogP contribution in [-0.4, -0.2) is 20.1 Å². The van der Waals surface area contributed by atoms with Gasteiger partial charge >= 0.3 is 0 Å². The Morgan fingerprint density at radius 1 is 1.13 bits per heavy atom. The monoisotopic (exact) mass is 337 g/mol. The lowest BCUT2D eigenvalue weighted by Crippen LogP contribution is -2.36. The molecule has 1 heterocycles. The van der Waals surface area contributed by atoms with Gasteiger partial charge in [0.15, 0.2) is 5.69 Å². The summed E-state index contributed by atoms with van der Waals surface area (Å²) >= 11 is 0. The van der Waals surface area contributed by atoms with Crippen molar-refractivity contribution in [2.24, 2.45) is 7.05 Å². The third-order valence-electron chi connectivity index (χ3n) is 4.42. The highest BCUT2D eigenvalue weighted by atomic mass is 32.3. The number of benzene rings is 1. The Hall–Kier alpha value is -1.50. The molecule has 0 aliphatic heterocycles. The number of aromatic nitrogens is 1. The number of rotatable bonds is 1. The van der Waals surface area contributed by atoms with Crippen LogP contribution in [0.5, 0.6) is 0 Å². The van der Waals surface area contributed by atoms with Gasteiger partial charge in [0.1, 0.15) is 7.05 Å². The van der Waals surface area contributed by atoms with Crippen molar-refractivity contribution in [1.82, 2.24) is 0 Å². The average molecular weight is 337 g/mol. The SMILES string of the molecule is COS(=O)(=O)[O-].Cc1c2c([n+](C)c3ccccc13)CCCCC2. The van der Waals surface area contributed by atoms with Crippen LogP contribution < -0.4 is 4.57 Å². The Balaban J connectivity index is 0.000000277. The highest BCUT2D eigenvalue weighted by Gasteiger charge is 2.22. The van der Waals surface area contributed by atoms with Gasteiger partial charge in [0.05, 0.1) is 7.11 Å². The van der Waals surface area contributed by atoms with Crippen LogP contribution in [0.4, 0.5) is 0 Å². The summed E-state index contributed by atoms with van der Waals surface area (Å²) in [6.45, 7) is 2.30. The van der Waals surface area contributed by atoms with Crippen molar-refractivity contribution in [1.29, 1.82) is 0 Å². The van der Waals surface area contributed by atoms with Gasteiger partial charge in [0, 0.05) is 23.4 Å². The molecule has 0 bridgehead atoms. The van der Waals surface area contributed by atoms with Crippen molar-refractivity contribution < 1.29 is 21.7 Å². The summed E-state index contributed by atoms with van der Waals surface area (Å²) in [7, 11) is -1.38. The summed E-state index contributed by atoms with van der Waals surface area (Å²) in [6, 6.07) is 8.80. The number of fused-ring (bicyclic) bond motifs is 2. The third kappa shape index (κ3) is 4.28. The van der Waals surface area contributed by atoms with E-state index < -0.39 is 10.4 Å². The highest BCUT2D eigenvalue weighted by Crippen LogP contribution is 2.26. The molecular formula is C17H23NO4S. The first-order valence-electron chi connectivity index (χ1n) is 7.75. The van der Waals surface area contributed by atoms with Crippen molar-refractivity contribution in [3.8, 4) is 0 Å². The van der Waals surface area contributed by atoms with Crippen LogP contribution in [0.15, 0.2) is 24.3 Å². The first kappa shape index (κ1) is 17.8. The molecular weight excluding hydrogens is 314 g/mol. The third-order valence-corrected chi connectivity index (χ3v) is 4.83. The van der Waals surface area contributed by atoms with Gasteiger partial charge in [0.2, 0.25) is 15.9 Å². The molecule has 23 heavy (non-hydrogen) atoms. The second-order valence-electron chi connectivity index (χ2n) is 5.76. The Morgan fingerprint density at radius 2 is 1.74 bits per heavy atom.